The predicted octanol–water partition coefficient (Wildman–Crippen LogP) is 4.38. The molecule has 2 aromatic rings. The molecule has 0 unspecified atom stereocenters. The molecule has 0 amide bonds. The van der Waals surface area contributed by atoms with Crippen LogP contribution in [0.4, 0.5) is 0 Å². The zero-order chi connectivity index (χ0) is 15.3. The molecular weight excluding hydrogens is 274 g/mol. The van der Waals surface area contributed by atoms with Gasteiger partial charge in [0.2, 0.25) is 0 Å². The van der Waals surface area contributed by atoms with E-state index in [1.807, 2.05) is 6.07 Å². The summed E-state index contributed by atoms with van der Waals surface area (Å²) in [6, 6.07) is 10.1. The van der Waals surface area contributed by atoms with Gasteiger partial charge in [-0.1, -0.05) is 30.3 Å². The van der Waals surface area contributed by atoms with Crippen LogP contribution in [0.5, 0.6) is 5.75 Å². The van der Waals surface area contributed by atoms with E-state index in [4.69, 9.17) is 4.84 Å². The Hall–Kier alpha value is -2.03. The molecule has 1 fully saturated rings. The van der Waals surface area contributed by atoms with E-state index >= 15 is 0 Å². The minimum Gasteiger partial charge on any atom is -0.508 e. The molecule has 2 atom stereocenters. The van der Waals surface area contributed by atoms with Gasteiger partial charge in [-0.05, 0) is 65.6 Å². The normalized spacial score (nSPS) is 28.6. The smallest absolute Gasteiger partial charge is 0.116 e. The quantitative estimate of drug-likeness (QED) is 0.793. The number of phenolic OH excluding ortho intramolecular Hbond substituents is 1. The van der Waals surface area contributed by atoms with Crippen LogP contribution >= 0.6 is 0 Å². The first kappa shape index (κ1) is 13.6. The lowest BCUT2D eigenvalue weighted by molar-refractivity contribution is 0.205. The number of aryl methyl sites for hydroxylation is 1. The van der Waals surface area contributed by atoms with Crippen LogP contribution in [0.3, 0.4) is 0 Å². The van der Waals surface area contributed by atoms with Crippen LogP contribution in [0.25, 0.3) is 10.8 Å². The summed E-state index contributed by atoms with van der Waals surface area (Å²) in [5.74, 6) is 0.867. The van der Waals surface area contributed by atoms with Gasteiger partial charge in [-0.3, -0.25) is 0 Å². The summed E-state index contributed by atoms with van der Waals surface area (Å²) in [4.78, 5) is 5.07. The predicted molar refractivity (Wildman–Crippen MR) is 88.5 cm³/mol. The molecule has 0 aromatic heterocycles. The van der Waals surface area contributed by atoms with Crippen molar-refractivity contribution < 1.29 is 9.94 Å². The summed E-state index contributed by atoms with van der Waals surface area (Å²) in [6.07, 6.45) is 4.36. The van der Waals surface area contributed by atoms with Crippen LogP contribution in [-0.4, -0.2) is 17.9 Å². The van der Waals surface area contributed by atoms with Crippen molar-refractivity contribution in [1.29, 1.82) is 0 Å². The van der Waals surface area contributed by atoms with E-state index in [2.05, 4.69) is 30.3 Å². The highest BCUT2D eigenvalue weighted by atomic mass is 16.6. The third-order valence-corrected chi connectivity index (χ3v) is 5.72. The standard InChI is InChI=1S/C19H21NO2/c1-19-10-9-15-14-6-4-13(21)11-12(14)3-5-16(15)17(19)7-8-18(19)20-22-2/h3-6,11,17,21H,7-10H2,1-2H3/b20-18+/t17-,19-/m0/s1. The number of benzene rings is 2. The van der Waals surface area contributed by atoms with Gasteiger partial charge in [0.25, 0.3) is 0 Å². The number of oxime groups is 1. The SMILES string of the molecule is CO/N=C1\CC[C@H]2c3ccc4cc(O)ccc4c3CC[C@]12C. The van der Waals surface area contributed by atoms with Crippen LogP contribution in [0, 0.1) is 5.41 Å². The molecule has 3 heteroatoms. The van der Waals surface area contributed by atoms with Crippen LogP contribution in [-0.2, 0) is 11.3 Å². The Labute approximate surface area is 130 Å². The van der Waals surface area contributed by atoms with Crippen molar-refractivity contribution in [2.24, 2.45) is 10.6 Å². The van der Waals surface area contributed by atoms with Gasteiger partial charge < -0.3 is 9.94 Å². The van der Waals surface area contributed by atoms with Crippen LogP contribution in [0.1, 0.15) is 43.2 Å². The van der Waals surface area contributed by atoms with Crippen LogP contribution < -0.4 is 0 Å². The number of nitrogens with zero attached hydrogens (tertiary/aromatic N) is 1. The highest BCUT2D eigenvalue weighted by Crippen LogP contribution is 2.55. The lowest BCUT2D eigenvalue weighted by Crippen LogP contribution is -2.32. The van der Waals surface area contributed by atoms with Crippen molar-refractivity contribution in [2.45, 2.75) is 38.5 Å². The fourth-order valence-electron chi connectivity index (χ4n) is 4.55. The van der Waals surface area contributed by atoms with Crippen molar-refractivity contribution in [3.05, 3.63) is 41.5 Å². The van der Waals surface area contributed by atoms with Gasteiger partial charge in [0, 0.05) is 5.41 Å². The molecule has 0 heterocycles. The number of hydrogen-bond donors (Lipinski definition) is 1. The third kappa shape index (κ3) is 1.78. The number of hydrogen-bond acceptors (Lipinski definition) is 3. The Bertz CT molecular complexity index is 780. The van der Waals surface area contributed by atoms with Crippen molar-refractivity contribution in [3.63, 3.8) is 0 Å². The Balaban J connectivity index is 1.87. The van der Waals surface area contributed by atoms with Gasteiger partial charge in [-0.25, -0.2) is 0 Å². The fourth-order valence-corrected chi connectivity index (χ4v) is 4.55. The molecule has 2 aromatic carbocycles. The molecule has 22 heavy (non-hydrogen) atoms. The first-order valence-electron chi connectivity index (χ1n) is 7.98. The average molecular weight is 295 g/mol. The number of aromatic hydroxyl groups is 1. The summed E-state index contributed by atoms with van der Waals surface area (Å²) >= 11 is 0. The van der Waals surface area contributed by atoms with Crippen molar-refractivity contribution in [1.82, 2.24) is 0 Å². The molecular formula is C19H21NO2. The summed E-state index contributed by atoms with van der Waals surface area (Å²) in [5, 5.41) is 16.4. The second kappa shape index (κ2) is 4.73. The highest BCUT2D eigenvalue weighted by molar-refractivity contribution is 5.95. The van der Waals surface area contributed by atoms with Gasteiger partial charge in [0.05, 0.1) is 5.71 Å². The van der Waals surface area contributed by atoms with E-state index in [9.17, 15) is 5.11 Å². The van der Waals surface area contributed by atoms with Crippen LogP contribution in [0.15, 0.2) is 35.5 Å². The Kier molecular flexibility index (Phi) is 2.93. The second-order valence-electron chi connectivity index (χ2n) is 6.77. The molecule has 0 spiro atoms. The van der Waals surface area contributed by atoms with Gasteiger partial charge in [0.1, 0.15) is 12.9 Å². The molecule has 0 aliphatic heterocycles. The van der Waals surface area contributed by atoms with Crippen molar-refractivity contribution in [3.8, 4) is 5.75 Å². The number of phenols is 1. The third-order valence-electron chi connectivity index (χ3n) is 5.72. The maximum absolute atomic E-state index is 9.69. The van der Waals surface area contributed by atoms with E-state index in [0.717, 1.165) is 31.1 Å². The minimum absolute atomic E-state index is 0.133. The molecule has 1 saturated carbocycles. The largest absolute Gasteiger partial charge is 0.508 e. The Morgan fingerprint density at radius 1 is 1.23 bits per heavy atom. The highest BCUT2D eigenvalue weighted by Gasteiger charge is 2.48. The molecule has 114 valence electrons. The first-order valence-corrected chi connectivity index (χ1v) is 7.98. The Morgan fingerprint density at radius 3 is 2.91 bits per heavy atom. The molecule has 2 aliphatic carbocycles. The average Bonchev–Trinajstić information content (AvgIpc) is 2.84. The van der Waals surface area contributed by atoms with E-state index < -0.39 is 0 Å². The summed E-state index contributed by atoms with van der Waals surface area (Å²) < 4.78 is 0. The summed E-state index contributed by atoms with van der Waals surface area (Å²) in [5.41, 5.74) is 4.27. The maximum Gasteiger partial charge on any atom is 0.116 e. The van der Waals surface area contributed by atoms with E-state index in [0.29, 0.717) is 11.7 Å². The molecule has 4 rings (SSSR count). The number of rotatable bonds is 1. The summed E-state index contributed by atoms with van der Waals surface area (Å²) in [6.45, 7) is 2.34. The molecule has 0 radical (unpaired) electrons. The molecule has 0 bridgehead atoms. The summed E-state index contributed by atoms with van der Waals surface area (Å²) in [7, 11) is 1.64. The molecule has 1 N–H and O–H groups in total. The molecule has 0 saturated heterocycles. The van der Waals surface area contributed by atoms with E-state index in [1.54, 1.807) is 13.2 Å². The maximum atomic E-state index is 9.69. The molecule has 2 aliphatic rings. The van der Waals surface area contributed by atoms with Crippen LogP contribution in [0.2, 0.25) is 0 Å². The lowest BCUT2D eigenvalue weighted by atomic mass is 9.65. The zero-order valence-electron chi connectivity index (χ0n) is 13.1. The van der Waals surface area contributed by atoms with Crippen molar-refractivity contribution in [2.75, 3.05) is 7.11 Å². The van der Waals surface area contributed by atoms with E-state index in [1.165, 1.54) is 22.2 Å². The molecule has 3 nitrogen and oxygen atoms in total. The monoisotopic (exact) mass is 295 g/mol. The minimum atomic E-state index is 0.133. The topological polar surface area (TPSA) is 41.8 Å². The zero-order valence-corrected chi connectivity index (χ0v) is 13.1. The lowest BCUT2D eigenvalue weighted by Gasteiger charge is -2.38. The van der Waals surface area contributed by atoms with Gasteiger partial charge in [-0.15, -0.1) is 0 Å². The fraction of sp³-hybridized carbons (Fsp3) is 0.421. The van der Waals surface area contributed by atoms with Gasteiger partial charge in [0.15, 0.2) is 0 Å². The van der Waals surface area contributed by atoms with Gasteiger partial charge in [-0.2, -0.15) is 0 Å². The van der Waals surface area contributed by atoms with Gasteiger partial charge >= 0.3 is 0 Å². The second-order valence-corrected chi connectivity index (χ2v) is 6.77. The number of fused-ring (bicyclic) bond motifs is 5. The van der Waals surface area contributed by atoms with E-state index in [-0.39, 0.29) is 5.41 Å². The Morgan fingerprint density at radius 2 is 2.09 bits per heavy atom. The first-order chi connectivity index (χ1) is 10.6. The van der Waals surface area contributed by atoms with Crippen molar-refractivity contribution >= 4 is 16.5 Å².